The highest BCUT2D eigenvalue weighted by Crippen LogP contribution is 2.39. The smallest absolute Gasteiger partial charge is 0.00993 e. The Labute approximate surface area is 163 Å². The topological polar surface area (TPSA) is 0 Å². The quantitative estimate of drug-likeness (QED) is 0.445. The largest absolute Gasteiger partial charge is 0.0807 e. The first-order chi connectivity index (χ1) is 13.2. The van der Waals surface area contributed by atoms with Gasteiger partial charge in [-0.05, 0) is 70.6 Å². The van der Waals surface area contributed by atoms with Gasteiger partial charge >= 0.3 is 0 Å². The van der Waals surface area contributed by atoms with Crippen molar-refractivity contribution in [2.45, 2.75) is 45.4 Å². The summed E-state index contributed by atoms with van der Waals surface area (Å²) in [5.41, 5.74) is 9.64. The van der Waals surface area contributed by atoms with Crippen molar-refractivity contribution in [2.24, 2.45) is 0 Å². The fourth-order valence-corrected chi connectivity index (χ4v) is 4.12. The SMILES string of the molecule is CC(C)c1cccc(-c2ccccc2-c2ccccc2C2=CCCCC2)c1. The molecule has 1 aliphatic rings. The van der Waals surface area contributed by atoms with E-state index < -0.39 is 0 Å². The van der Waals surface area contributed by atoms with Gasteiger partial charge in [-0.2, -0.15) is 0 Å². The van der Waals surface area contributed by atoms with Gasteiger partial charge in [0, 0.05) is 0 Å². The van der Waals surface area contributed by atoms with Gasteiger partial charge in [0.15, 0.2) is 0 Å². The molecule has 0 saturated heterocycles. The van der Waals surface area contributed by atoms with Gasteiger partial charge in [0.1, 0.15) is 0 Å². The summed E-state index contributed by atoms with van der Waals surface area (Å²) < 4.78 is 0. The van der Waals surface area contributed by atoms with Crippen LogP contribution in [0.1, 0.15) is 56.6 Å². The average Bonchev–Trinajstić information content (AvgIpc) is 2.74. The van der Waals surface area contributed by atoms with Gasteiger partial charge in [-0.15, -0.1) is 0 Å². The van der Waals surface area contributed by atoms with Crippen LogP contribution in [0.2, 0.25) is 0 Å². The molecular formula is C27H28. The summed E-state index contributed by atoms with van der Waals surface area (Å²) in [5.74, 6) is 0.539. The standard InChI is InChI=1S/C27H28/c1-20(2)22-13-10-14-23(19-22)25-16-7-9-18-27(25)26-17-8-6-15-24(26)21-11-4-3-5-12-21/h6-11,13-20H,3-5,12H2,1-2H3. The van der Waals surface area contributed by atoms with Gasteiger partial charge < -0.3 is 0 Å². The Kier molecular flexibility index (Phi) is 5.25. The Morgan fingerprint density at radius 1 is 0.667 bits per heavy atom. The summed E-state index contributed by atoms with van der Waals surface area (Å²) in [6.45, 7) is 4.52. The van der Waals surface area contributed by atoms with E-state index in [2.05, 4.69) is 92.7 Å². The minimum atomic E-state index is 0.539. The predicted molar refractivity (Wildman–Crippen MR) is 118 cm³/mol. The molecule has 0 nitrogen and oxygen atoms in total. The van der Waals surface area contributed by atoms with Crippen molar-refractivity contribution in [3.8, 4) is 22.3 Å². The van der Waals surface area contributed by atoms with E-state index in [9.17, 15) is 0 Å². The second-order valence-corrected chi connectivity index (χ2v) is 7.85. The average molecular weight is 353 g/mol. The van der Waals surface area contributed by atoms with E-state index in [-0.39, 0.29) is 0 Å². The number of hydrogen-bond acceptors (Lipinski definition) is 0. The van der Waals surface area contributed by atoms with E-state index in [0.717, 1.165) is 0 Å². The van der Waals surface area contributed by atoms with E-state index >= 15 is 0 Å². The first kappa shape index (κ1) is 17.8. The Balaban J connectivity index is 1.86. The Hall–Kier alpha value is -2.60. The third kappa shape index (κ3) is 3.76. The number of hydrogen-bond donors (Lipinski definition) is 0. The van der Waals surface area contributed by atoms with Crippen molar-refractivity contribution in [1.29, 1.82) is 0 Å². The summed E-state index contributed by atoms with van der Waals surface area (Å²) in [6.07, 6.45) is 7.48. The van der Waals surface area contributed by atoms with Gasteiger partial charge in [-0.1, -0.05) is 92.7 Å². The van der Waals surface area contributed by atoms with Crippen LogP contribution in [0.15, 0.2) is 78.9 Å². The van der Waals surface area contributed by atoms with Crippen LogP contribution >= 0.6 is 0 Å². The molecule has 0 saturated carbocycles. The molecule has 0 atom stereocenters. The number of benzene rings is 3. The first-order valence-corrected chi connectivity index (χ1v) is 10.2. The van der Waals surface area contributed by atoms with Crippen LogP contribution in [0.4, 0.5) is 0 Å². The van der Waals surface area contributed by atoms with Gasteiger partial charge in [0.2, 0.25) is 0 Å². The molecule has 0 unspecified atom stereocenters. The molecule has 0 aliphatic heterocycles. The molecule has 0 aromatic heterocycles. The molecule has 0 radical (unpaired) electrons. The highest BCUT2D eigenvalue weighted by Gasteiger charge is 2.15. The lowest BCUT2D eigenvalue weighted by Gasteiger charge is -2.19. The lowest BCUT2D eigenvalue weighted by molar-refractivity contribution is 0.742. The van der Waals surface area contributed by atoms with Crippen LogP contribution in [0.5, 0.6) is 0 Å². The van der Waals surface area contributed by atoms with Crippen molar-refractivity contribution in [2.75, 3.05) is 0 Å². The van der Waals surface area contributed by atoms with Crippen LogP contribution in [0.3, 0.4) is 0 Å². The normalized spacial score (nSPS) is 14.3. The fraction of sp³-hybridized carbons (Fsp3) is 0.259. The third-order valence-electron chi connectivity index (χ3n) is 5.65. The minimum Gasteiger partial charge on any atom is -0.0807 e. The van der Waals surface area contributed by atoms with E-state index in [4.69, 9.17) is 0 Å². The lowest BCUT2D eigenvalue weighted by atomic mass is 9.85. The molecule has 0 heterocycles. The highest BCUT2D eigenvalue weighted by molar-refractivity contribution is 5.90. The van der Waals surface area contributed by atoms with Crippen LogP contribution < -0.4 is 0 Å². The van der Waals surface area contributed by atoms with Crippen LogP contribution in [0.25, 0.3) is 27.8 Å². The summed E-state index contributed by atoms with van der Waals surface area (Å²) in [5, 5.41) is 0. The highest BCUT2D eigenvalue weighted by atomic mass is 14.2. The molecule has 0 heteroatoms. The molecule has 3 aromatic carbocycles. The molecule has 4 rings (SSSR count). The number of rotatable bonds is 4. The molecule has 136 valence electrons. The molecule has 0 N–H and O–H groups in total. The van der Waals surface area contributed by atoms with Crippen molar-refractivity contribution in [3.05, 3.63) is 90.0 Å². The van der Waals surface area contributed by atoms with Gasteiger partial charge in [-0.25, -0.2) is 0 Å². The molecule has 0 spiro atoms. The first-order valence-electron chi connectivity index (χ1n) is 10.2. The minimum absolute atomic E-state index is 0.539. The lowest BCUT2D eigenvalue weighted by Crippen LogP contribution is -1.96. The molecule has 0 bridgehead atoms. The Morgan fingerprint density at radius 3 is 2.00 bits per heavy atom. The zero-order valence-corrected chi connectivity index (χ0v) is 16.4. The van der Waals surface area contributed by atoms with Crippen molar-refractivity contribution in [3.63, 3.8) is 0 Å². The molecule has 27 heavy (non-hydrogen) atoms. The summed E-state index contributed by atoms with van der Waals surface area (Å²) in [4.78, 5) is 0. The second kappa shape index (κ2) is 7.96. The van der Waals surface area contributed by atoms with Gasteiger partial charge in [0.25, 0.3) is 0 Å². The Morgan fingerprint density at radius 2 is 1.33 bits per heavy atom. The maximum atomic E-state index is 2.45. The van der Waals surface area contributed by atoms with Crippen molar-refractivity contribution < 1.29 is 0 Å². The summed E-state index contributed by atoms with van der Waals surface area (Å²) >= 11 is 0. The molecule has 1 aliphatic carbocycles. The maximum Gasteiger partial charge on any atom is -0.00993 e. The maximum absolute atomic E-state index is 2.45. The molecule has 3 aromatic rings. The second-order valence-electron chi connectivity index (χ2n) is 7.85. The van der Waals surface area contributed by atoms with Gasteiger partial charge in [-0.3, -0.25) is 0 Å². The fourth-order valence-electron chi connectivity index (χ4n) is 4.12. The summed E-state index contributed by atoms with van der Waals surface area (Å²) in [7, 11) is 0. The molecule has 0 amide bonds. The van der Waals surface area contributed by atoms with Crippen LogP contribution in [-0.4, -0.2) is 0 Å². The zero-order valence-electron chi connectivity index (χ0n) is 16.4. The van der Waals surface area contributed by atoms with E-state index in [1.165, 1.54) is 64.6 Å². The predicted octanol–water partition coefficient (Wildman–Crippen LogP) is 8.10. The van der Waals surface area contributed by atoms with E-state index in [0.29, 0.717) is 5.92 Å². The van der Waals surface area contributed by atoms with E-state index in [1.807, 2.05) is 0 Å². The monoisotopic (exact) mass is 352 g/mol. The van der Waals surface area contributed by atoms with E-state index in [1.54, 1.807) is 0 Å². The molecular weight excluding hydrogens is 324 g/mol. The van der Waals surface area contributed by atoms with Crippen LogP contribution in [-0.2, 0) is 0 Å². The van der Waals surface area contributed by atoms with Crippen molar-refractivity contribution in [1.82, 2.24) is 0 Å². The number of allylic oxidation sites excluding steroid dienone is 2. The van der Waals surface area contributed by atoms with Crippen LogP contribution in [0, 0.1) is 0 Å². The zero-order chi connectivity index (χ0) is 18.6. The summed E-state index contributed by atoms with van der Waals surface area (Å²) in [6, 6.07) is 26.8. The molecule has 0 fully saturated rings. The van der Waals surface area contributed by atoms with Crippen molar-refractivity contribution >= 4 is 5.57 Å². The Bertz CT molecular complexity index is 959. The third-order valence-corrected chi connectivity index (χ3v) is 5.65. The van der Waals surface area contributed by atoms with Gasteiger partial charge in [0.05, 0.1) is 0 Å².